The van der Waals surface area contributed by atoms with Crippen molar-refractivity contribution < 1.29 is 13.2 Å². The SMILES string of the molecule is CN(C)/N=C/c1ccccc1C(F)(F)F. The molecule has 82 valence electrons. The van der Waals surface area contributed by atoms with Crippen LogP contribution in [0.25, 0.3) is 0 Å². The van der Waals surface area contributed by atoms with Crippen molar-refractivity contribution in [1.29, 1.82) is 0 Å². The molecule has 0 spiro atoms. The Morgan fingerprint density at radius 2 is 1.80 bits per heavy atom. The van der Waals surface area contributed by atoms with Crippen molar-refractivity contribution in [2.45, 2.75) is 6.18 Å². The van der Waals surface area contributed by atoms with Crippen molar-refractivity contribution in [1.82, 2.24) is 5.01 Å². The number of rotatable bonds is 2. The summed E-state index contributed by atoms with van der Waals surface area (Å²) in [6.07, 6.45) is -3.14. The number of nitrogens with zero attached hydrogens (tertiary/aromatic N) is 2. The van der Waals surface area contributed by atoms with Gasteiger partial charge in [-0.25, -0.2) is 0 Å². The van der Waals surface area contributed by atoms with E-state index in [0.717, 1.165) is 6.07 Å². The zero-order valence-corrected chi connectivity index (χ0v) is 8.42. The zero-order valence-electron chi connectivity index (χ0n) is 8.42. The first-order valence-electron chi connectivity index (χ1n) is 4.29. The highest BCUT2D eigenvalue weighted by molar-refractivity contribution is 5.81. The van der Waals surface area contributed by atoms with Gasteiger partial charge in [0.15, 0.2) is 0 Å². The summed E-state index contributed by atoms with van der Waals surface area (Å²) < 4.78 is 37.5. The molecule has 1 rings (SSSR count). The number of halogens is 3. The molecule has 0 saturated carbocycles. The van der Waals surface area contributed by atoms with Crippen molar-refractivity contribution in [3.05, 3.63) is 35.4 Å². The minimum absolute atomic E-state index is 0.0682. The Hall–Kier alpha value is -1.52. The van der Waals surface area contributed by atoms with Crippen LogP contribution < -0.4 is 0 Å². The predicted octanol–water partition coefficient (Wildman–Crippen LogP) is 2.60. The summed E-state index contributed by atoms with van der Waals surface area (Å²) in [5.74, 6) is 0. The fraction of sp³-hybridized carbons (Fsp3) is 0.300. The molecule has 0 atom stereocenters. The molecule has 0 unspecified atom stereocenters. The second kappa shape index (κ2) is 4.33. The molecule has 1 aromatic carbocycles. The lowest BCUT2D eigenvalue weighted by Gasteiger charge is -2.10. The summed E-state index contributed by atoms with van der Waals surface area (Å²) >= 11 is 0. The van der Waals surface area contributed by atoms with E-state index in [4.69, 9.17) is 0 Å². The average Bonchev–Trinajstić information content (AvgIpc) is 2.13. The summed E-state index contributed by atoms with van der Waals surface area (Å²) in [6.45, 7) is 0. The molecular weight excluding hydrogens is 205 g/mol. The van der Waals surface area contributed by atoms with Crippen LogP contribution in [-0.2, 0) is 6.18 Å². The molecule has 0 N–H and O–H groups in total. The lowest BCUT2D eigenvalue weighted by molar-refractivity contribution is -0.137. The molecule has 0 fully saturated rings. The molecule has 0 bridgehead atoms. The van der Waals surface area contributed by atoms with Crippen LogP contribution in [0.5, 0.6) is 0 Å². The fourth-order valence-corrected chi connectivity index (χ4v) is 1.05. The molecule has 0 aromatic heterocycles. The molecule has 1 aromatic rings. The Labute approximate surface area is 86.0 Å². The summed E-state index contributed by atoms with van der Waals surface area (Å²) in [6, 6.07) is 5.33. The van der Waals surface area contributed by atoms with Gasteiger partial charge in [0.05, 0.1) is 11.8 Å². The van der Waals surface area contributed by atoms with Crippen LogP contribution in [0.2, 0.25) is 0 Å². The van der Waals surface area contributed by atoms with Crippen LogP contribution in [0.15, 0.2) is 29.4 Å². The Bertz CT molecular complexity index is 356. The molecular formula is C10H11F3N2. The van der Waals surface area contributed by atoms with Gasteiger partial charge in [-0.1, -0.05) is 18.2 Å². The molecule has 2 nitrogen and oxygen atoms in total. The largest absolute Gasteiger partial charge is 0.417 e. The van der Waals surface area contributed by atoms with Crippen molar-refractivity contribution in [3.63, 3.8) is 0 Å². The molecule has 0 aliphatic rings. The van der Waals surface area contributed by atoms with Crippen molar-refractivity contribution in [2.75, 3.05) is 14.1 Å². The highest BCUT2D eigenvalue weighted by Crippen LogP contribution is 2.30. The maximum Gasteiger partial charge on any atom is 0.417 e. The van der Waals surface area contributed by atoms with Gasteiger partial charge in [0.1, 0.15) is 0 Å². The Balaban J connectivity index is 3.08. The van der Waals surface area contributed by atoms with E-state index >= 15 is 0 Å². The smallest absolute Gasteiger partial charge is 0.303 e. The second-order valence-electron chi connectivity index (χ2n) is 3.18. The number of hydrazone groups is 1. The van der Waals surface area contributed by atoms with Gasteiger partial charge in [-0.2, -0.15) is 18.3 Å². The molecule has 0 radical (unpaired) electrons. The van der Waals surface area contributed by atoms with Gasteiger partial charge in [0.2, 0.25) is 0 Å². The van der Waals surface area contributed by atoms with E-state index in [1.807, 2.05) is 0 Å². The quantitative estimate of drug-likeness (QED) is 0.548. The lowest BCUT2D eigenvalue weighted by Crippen LogP contribution is -2.10. The average molecular weight is 216 g/mol. The minimum Gasteiger partial charge on any atom is -0.303 e. The highest BCUT2D eigenvalue weighted by Gasteiger charge is 2.32. The fourth-order valence-electron chi connectivity index (χ4n) is 1.05. The standard InChI is InChI=1S/C10H11F3N2/c1-15(2)14-7-8-5-3-4-6-9(8)10(11,12)13/h3-7H,1-2H3/b14-7+. The molecule has 0 amide bonds. The van der Waals surface area contributed by atoms with Crippen molar-refractivity contribution >= 4 is 6.21 Å². The Morgan fingerprint density at radius 3 is 2.33 bits per heavy atom. The van der Waals surface area contributed by atoms with Gasteiger partial charge < -0.3 is 5.01 Å². The van der Waals surface area contributed by atoms with E-state index in [1.54, 1.807) is 20.2 Å². The van der Waals surface area contributed by atoms with E-state index in [0.29, 0.717) is 0 Å². The normalized spacial score (nSPS) is 12.1. The van der Waals surface area contributed by atoms with E-state index in [-0.39, 0.29) is 5.56 Å². The molecule has 0 aliphatic heterocycles. The lowest BCUT2D eigenvalue weighted by atomic mass is 10.1. The second-order valence-corrected chi connectivity index (χ2v) is 3.18. The molecule has 15 heavy (non-hydrogen) atoms. The van der Waals surface area contributed by atoms with Gasteiger partial charge in [-0.3, -0.25) is 0 Å². The number of benzene rings is 1. The third-order valence-electron chi connectivity index (χ3n) is 1.69. The van der Waals surface area contributed by atoms with Crippen LogP contribution >= 0.6 is 0 Å². The van der Waals surface area contributed by atoms with Crippen LogP contribution in [0, 0.1) is 0 Å². The molecule has 5 heteroatoms. The monoisotopic (exact) mass is 216 g/mol. The maximum absolute atomic E-state index is 12.5. The number of hydrogen-bond acceptors (Lipinski definition) is 2. The van der Waals surface area contributed by atoms with Crippen molar-refractivity contribution in [3.8, 4) is 0 Å². The Kier molecular flexibility index (Phi) is 3.34. The number of alkyl halides is 3. The zero-order chi connectivity index (χ0) is 11.5. The first-order valence-corrected chi connectivity index (χ1v) is 4.29. The van der Waals surface area contributed by atoms with Gasteiger partial charge in [-0.15, -0.1) is 0 Å². The van der Waals surface area contributed by atoms with E-state index in [1.165, 1.54) is 23.4 Å². The summed E-state index contributed by atoms with van der Waals surface area (Å²) in [5.41, 5.74) is -0.602. The van der Waals surface area contributed by atoms with Gasteiger partial charge in [0, 0.05) is 19.7 Å². The molecule has 0 aliphatic carbocycles. The van der Waals surface area contributed by atoms with Gasteiger partial charge in [-0.05, 0) is 6.07 Å². The van der Waals surface area contributed by atoms with E-state index in [2.05, 4.69) is 5.10 Å². The first kappa shape index (κ1) is 11.6. The van der Waals surface area contributed by atoms with Crippen molar-refractivity contribution in [2.24, 2.45) is 5.10 Å². The van der Waals surface area contributed by atoms with Crippen LogP contribution in [0.3, 0.4) is 0 Å². The van der Waals surface area contributed by atoms with Gasteiger partial charge in [0.25, 0.3) is 0 Å². The third kappa shape index (κ3) is 3.27. The minimum atomic E-state index is -4.34. The van der Waals surface area contributed by atoms with Crippen LogP contribution in [0.1, 0.15) is 11.1 Å². The topological polar surface area (TPSA) is 15.6 Å². The molecule has 0 saturated heterocycles. The Morgan fingerprint density at radius 1 is 1.20 bits per heavy atom. The molecule has 0 heterocycles. The summed E-state index contributed by atoms with van der Waals surface area (Å²) in [5, 5.41) is 5.21. The number of hydrogen-bond donors (Lipinski definition) is 0. The third-order valence-corrected chi connectivity index (χ3v) is 1.69. The summed E-state index contributed by atoms with van der Waals surface area (Å²) in [7, 11) is 3.29. The highest BCUT2D eigenvalue weighted by atomic mass is 19.4. The summed E-state index contributed by atoms with van der Waals surface area (Å²) in [4.78, 5) is 0. The predicted molar refractivity (Wildman–Crippen MR) is 52.7 cm³/mol. The van der Waals surface area contributed by atoms with Crippen LogP contribution in [-0.4, -0.2) is 25.3 Å². The van der Waals surface area contributed by atoms with Crippen LogP contribution in [0.4, 0.5) is 13.2 Å². The maximum atomic E-state index is 12.5. The van der Waals surface area contributed by atoms with Gasteiger partial charge >= 0.3 is 6.18 Å². The van der Waals surface area contributed by atoms with E-state index in [9.17, 15) is 13.2 Å². The first-order chi connectivity index (χ1) is 6.91. The van der Waals surface area contributed by atoms with E-state index < -0.39 is 11.7 Å².